The molecule has 1 aromatic rings. The lowest BCUT2D eigenvalue weighted by Crippen LogP contribution is -1.97. The number of hydrogen-bond acceptors (Lipinski definition) is 5. The lowest BCUT2D eigenvalue weighted by Gasteiger charge is -2.12. The second-order valence-electron chi connectivity index (χ2n) is 3.18. The van der Waals surface area contributed by atoms with Gasteiger partial charge in [0.05, 0.1) is 27.9 Å². The zero-order valence-electron chi connectivity index (χ0n) is 10.2. The summed E-state index contributed by atoms with van der Waals surface area (Å²) in [6.07, 6.45) is 3.62. The molecule has 0 heterocycles. The predicted octanol–water partition coefficient (Wildman–Crippen LogP) is 1.62. The van der Waals surface area contributed by atoms with E-state index in [2.05, 4.69) is 4.84 Å². The molecular weight excluding hydrogens is 222 g/mol. The van der Waals surface area contributed by atoms with E-state index in [0.717, 1.165) is 5.56 Å². The van der Waals surface area contributed by atoms with Crippen LogP contribution in [0.2, 0.25) is 0 Å². The van der Waals surface area contributed by atoms with Gasteiger partial charge in [-0.05, 0) is 6.07 Å². The molecule has 1 aromatic carbocycles. The van der Waals surface area contributed by atoms with Crippen molar-refractivity contribution in [3.05, 3.63) is 23.8 Å². The van der Waals surface area contributed by atoms with Crippen molar-refractivity contribution in [1.82, 2.24) is 0 Å². The smallest absolute Gasteiger partial charge is 0.164 e. The molecule has 0 bridgehead atoms. The van der Waals surface area contributed by atoms with Gasteiger partial charge in [-0.25, -0.2) is 5.90 Å². The average molecular weight is 239 g/mol. The molecule has 0 spiro atoms. The molecule has 0 radical (unpaired) electrons. The van der Waals surface area contributed by atoms with E-state index in [9.17, 15) is 0 Å². The van der Waals surface area contributed by atoms with E-state index in [0.29, 0.717) is 23.9 Å². The van der Waals surface area contributed by atoms with Gasteiger partial charge in [0.1, 0.15) is 5.75 Å². The van der Waals surface area contributed by atoms with Gasteiger partial charge in [-0.2, -0.15) is 0 Å². The second-order valence-corrected chi connectivity index (χ2v) is 3.18. The molecule has 17 heavy (non-hydrogen) atoms. The first-order valence-corrected chi connectivity index (χ1v) is 5.05. The largest absolute Gasteiger partial charge is 0.496 e. The Bertz CT molecular complexity index is 390. The Balaban J connectivity index is 3.09. The van der Waals surface area contributed by atoms with Crippen molar-refractivity contribution in [3.63, 3.8) is 0 Å². The van der Waals surface area contributed by atoms with Crippen LogP contribution in [0.25, 0.3) is 6.08 Å². The summed E-state index contributed by atoms with van der Waals surface area (Å²) in [4.78, 5) is 4.45. The highest BCUT2D eigenvalue weighted by Gasteiger charge is 2.09. The summed E-state index contributed by atoms with van der Waals surface area (Å²) in [5.74, 6) is 6.89. The van der Waals surface area contributed by atoms with Crippen molar-refractivity contribution in [1.29, 1.82) is 0 Å². The summed E-state index contributed by atoms with van der Waals surface area (Å²) in [7, 11) is 4.76. The average Bonchev–Trinajstić information content (AvgIpc) is 2.38. The molecule has 0 aliphatic carbocycles. The zero-order valence-corrected chi connectivity index (χ0v) is 10.2. The third-order valence-corrected chi connectivity index (χ3v) is 2.23. The van der Waals surface area contributed by atoms with Gasteiger partial charge >= 0.3 is 0 Å². The minimum atomic E-state index is 0.331. The Morgan fingerprint density at radius 2 is 1.59 bits per heavy atom. The van der Waals surface area contributed by atoms with E-state index in [1.807, 2.05) is 12.1 Å². The second kappa shape index (κ2) is 6.78. The van der Waals surface area contributed by atoms with Crippen LogP contribution in [-0.2, 0) is 4.84 Å². The van der Waals surface area contributed by atoms with E-state index >= 15 is 0 Å². The van der Waals surface area contributed by atoms with Crippen LogP contribution in [0.3, 0.4) is 0 Å². The number of methoxy groups -OCH3 is 3. The Hall–Kier alpha value is -1.72. The summed E-state index contributed by atoms with van der Waals surface area (Å²) < 4.78 is 15.7. The van der Waals surface area contributed by atoms with Crippen molar-refractivity contribution in [2.24, 2.45) is 5.90 Å². The molecule has 0 aliphatic heterocycles. The third-order valence-electron chi connectivity index (χ3n) is 2.23. The molecule has 0 saturated heterocycles. The van der Waals surface area contributed by atoms with Crippen LogP contribution in [-0.4, -0.2) is 27.9 Å². The molecule has 0 aromatic heterocycles. The molecule has 0 fully saturated rings. The van der Waals surface area contributed by atoms with Gasteiger partial charge in [-0.1, -0.05) is 12.2 Å². The molecule has 5 heteroatoms. The van der Waals surface area contributed by atoms with E-state index in [1.54, 1.807) is 33.5 Å². The Labute approximate surface area is 101 Å². The summed E-state index contributed by atoms with van der Waals surface area (Å²) in [5.41, 5.74) is 0.863. The number of benzene rings is 1. The van der Waals surface area contributed by atoms with E-state index in [1.165, 1.54) is 0 Å². The molecule has 1 rings (SSSR count). The molecule has 5 nitrogen and oxygen atoms in total. The van der Waals surface area contributed by atoms with E-state index < -0.39 is 0 Å². The maximum absolute atomic E-state index is 5.26. The summed E-state index contributed by atoms with van der Waals surface area (Å²) in [6, 6.07) is 3.59. The van der Waals surface area contributed by atoms with Crippen LogP contribution in [0.5, 0.6) is 17.2 Å². The number of hydrogen-bond donors (Lipinski definition) is 1. The van der Waals surface area contributed by atoms with Gasteiger partial charge in [0.25, 0.3) is 0 Å². The Kier molecular flexibility index (Phi) is 5.32. The monoisotopic (exact) mass is 239 g/mol. The number of rotatable bonds is 6. The van der Waals surface area contributed by atoms with Crippen LogP contribution >= 0.6 is 0 Å². The van der Waals surface area contributed by atoms with Crippen LogP contribution in [0.4, 0.5) is 0 Å². The molecular formula is C12H17NO4. The van der Waals surface area contributed by atoms with Crippen molar-refractivity contribution in [2.45, 2.75) is 0 Å². The van der Waals surface area contributed by atoms with Gasteiger partial charge in [0.15, 0.2) is 11.5 Å². The van der Waals surface area contributed by atoms with E-state index in [4.69, 9.17) is 20.1 Å². The molecule has 0 unspecified atom stereocenters. The molecule has 0 aliphatic rings. The molecule has 0 saturated carbocycles. The standard InChI is InChI=1S/C12H17NO4/c1-14-10-8-12(16-3)11(15-2)7-9(10)5-4-6-17-13/h4-5,7-8H,6,13H2,1-3H3/b5-4+. The van der Waals surface area contributed by atoms with Gasteiger partial charge in [0, 0.05) is 11.6 Å². The minimum absolute atomic E-state index is 0.331. The minimum Gasteiger partial charge on any atom is -0.496 e. The van der Waals surface area contributed by atoms with Crippen LogP contribution in [0.1, 0.15) is 5.56 Å². The normalized spacial score (nSPS) is 10.6. The first kappa shape index (κ1) is 13.3. The molecule has 2 N–H and O–H groups in total. The molecule has 94 valence electrons. The fraction of sp³-hybridized carbons (Fsp3) is 0.333. The fourth-order valence-corrected chi connectivity index (χ4v) is 1.41. The maximum Gasteiger partial charge on any atom is 0.164 e. The van der Waals surface area contributed by atoms with Crippen molar-refractivity contribution in [3.8, 4) is 17.2 Å². The zero-order chi connectivity index (χ0) is 12.7. The first-order chi connectivity index (χ1) is 8.26. The predicted molar refractivity (Wildman–Crippen MR) is 65.3 cm³/mol. The van der Waals surface area contributed by atoms with Crippen LogP contribution < -0.4 is 20.1 Å². The quantitative estimate of drug-likeness (QED) is 0.764. The number of nitrogens with two attached hydrogens (primary N) is 1. The summed E-state index contributed by atoms with van der Waals surface area (Å²) >= 11 is 0. The first-order valence-electron chi connectivity index (χ1n) is 5.05. The topological polar surface area (TPSA) is 62.9 Å². The summed E-state index contributed by atoms with van der Waals surface area (Å²) in [6.45, 7) is 0.331. The van der Waals surface area contributed by atoms with Crippen molar-refractivity contribution < 1.29 is 19.0 Å². The fourth-order valence-electron chi connectivity index (χ4n) is 1.41. The van der Waals surface area contributed by atoms with Crippen molar-refractivity contribution in [2.75, 3.05) is 27.9 Å². The molecule has 0 amide bonds. The van der Waals surface area contributed by atoms with E-state index in [-0.39, 0.29) is 0 Å². The molecule has 0 atom stereocenters. The van der Waals surface area contributed by atoms with Gasteiger partial charge < -0.3 is 19.0 Å². The van der Waals surface area contributed by atoms with Crippen molar-refractivity contribution >= 4 is 6.08 Å². The SMILES string of the molecule is COc1cc(OC)c(OC)cc1/C=C/CON. The van der Waals surface area contributed by atoms with Gasteiger partial charge in [-0.3, -0.25) is 0 Å². The van der Waals surface area contributed by atoms with Gasteiger partial charge in [-0.15, -0.1) is 0 Å². The van der Waals surface area contributed by atoms with Gasteiger partial charge in [0.2, 0.25) is 0 Å². The summed E-state index contributed by atoms with van der Waals surface area (Å²) in [5, 5.41) is 0. The van der Waals surface area contributed by atoms with Crippen LogP contribution in [0.15, 0.2) is 18.2 Å². The third kappa shape index (κ3) is 3.37. The number of ether oxygens (including phenoxy) is 3. The Morgan fingerprint density at radius 3 is 2.12 bits per heavy atom. The highest BCUT2D eigenvalue weighted by molar-refractivity contribution is 5.63. The lowest BCUT2D eigenvalue weighted by atomic mass is 10.1. The lowest BCUT2D eigenvalue weighted by molar-refractivity contribution is 0.168. The highest BCUT2D eigenvalue weighted by Crippen LogP contribution is 2.35. The maximum atomic E-state index is 5.26. The van der Waals surface area contributed by atoms with Crippen LogP contribution in [0, 0.1) is 0 Å². The Morgan fingerprint density at radius 1 is 1.00 bits per heavy atom. The highest BCUT2D eigenvalue weighted by atomic mass is 16.6.